The molecule has 0 bridgehead atoms. The van der Waals surface area contributed by atoms with Gasteiger partial charge in [0.2, 0.25) is 5.91 Å². The number of amides is 1. The Morgan fingerprint density at radius 3 is 2.44 bits per heavy atom. The van der Waals surface area contributed by atoms with Crippen molar-refractivity contribution in [2.24, 2.45) is 0 Å². The summed E-state index contributed by atoms with van der Waals surface area (Å²) in [5.74, 6) is -1.53. The van der Waals surface area contributed by atoms with Gasteiger partial charge in [0.05, 0.1) is 5.41 Å². The second kappa shape index (κ2) is 7.50. The minimum absolute atomic E-state index is 0.0523. The molecule has 1 saturated heterocycles. The molecule has 0 aromatic heterocycles. The molecule has 0 spiro atoms. The Kier molecular flexibility index (Phi) is 5.35. The second-order valence-electron chi connectivity index (χ2n) is 6.17. The van der Waals surface area contributed by atoms with Crippen LogP contribution in [0, 0.1) is 11.6 Å². The number of ether oxygens (including phenoxy) is 1. The van der Waals surface area contributed by atoms with E-state index < -0.39 is 17.0 Å². The normalized spacial score (nSPS) is 16.4. The molecule has 0 atom stereocenters. The molecule has 1 amide bonds. The molecule has 0 aliphatic carbocycles. The van der Waals surface area contributed by atoms with Crippen LogP contribution in [0.2, 0.25) is 5.02 Å². The minimum Gasteiger partial charge on any atom is -0.381 e. The first-order valence-electron chi connectivity index (χ1n) is 8.07. The highest BCUT2D eigenvalue weighted by Crippen LogP contribution is 2.36. The highest BCUT2D eigenvalue weighted by molar-refractivity contribution is 6.30. The standard InChI is InChI=1S/C19H18ClF2NO2/c20-15-3-1-2-14(10-15)19(4-6-25-7-5-19)18(24)23-12-13-8-16(21)11-17(22)9-13/h1-3,8-11H,4-7,12H2,(H,23,24). The van der Waals surface area contributed by atoms with E-state index in [0.717, 1.165) is 11.6 Å². The summed E-state index contributed by atoms with van der Waals surface area (Å²) in [6.07, 6.45) is 1.05. The smallest absolute Gasteiger partial charge is 0.231 e. The van der Waals surface area contributed by atoms with Gasteiger partial charge in [0.15, 0.2) is 0 Å². The average molecular weight is 366 g/mol. The van der Waals surface area contributed by atoms with Crippen molar-refractivity contribution in [1.29, 1.82) is 0 Å². The molecule has 6 heteroatoms. The van der Waals surface area contributed by atoms with E-state index in [-0.39, 0.29) is 12.5 Å². The maximum Gasteiger partial charge on any atom is 0.231 e. The third-order valence-electron chi connectivity index (χ3n) is 4.53. The molecule has 3 nitrogen and oxygen atoms in total. The van der Waals surface area contributed by atoms with E-state index in [9.17, 15) is 13.6 Å². The van der Waals surface area contributed by atoms with E-state index in [1.807, 2.05) is 12.1 Å². The maximum absolute atomic E-state index is 13.3. The summed E-state index contributed by atoms with van der Waals surface area (Å²) in [5, 5.41) is 3.37. The molecule has 1 aliphatic rings. The molecule has 132 valence electrons. The van der Waals surface area contributed by atoms with Crippen molar-refractivity contribution in [1.82, 2.24) is 5.32 Å². The van der Waals surface area contributed by atoms with Crippen molar-refractivity contribution in [2.75, 3.05) is 13.2 Å². The zero-order chi connectivity index (χ0) is 17.9. The number of carbonyl (C=O) groups excluding carboxylic acids is 1. The lowest BCUT2D eigenvalue weighted by atomic mass is 9.73. The highest BCUT2D eigenvalue weighted by Gasteiger charge is 2.41. The van der Waals surface area contributed by atoms with Crippen molar-refractivity contribution < 1.29 is 18.3 Å². The van der Waals surface area contributed by atoms with Crippen LogP contribution in [0.15, 0.2) is 42.5 Å². The number of rotatable bonds is 4. The van der Waals surface area contributed by atoms with Crippen LogP contribution in [0.4, 0.5) is 8.78 Å². The Bertz CT molecular complexity index is 756. The minimum atomic E-state index is -0.755. The largest absolute Gasteiger partial charge is 0.381 e. The number of halogens is 3. The summed E-state index contributed by atoms with van der Waals surface area (Å²) in [7, 11) is 0. The molecule has 1 heterocycles. The molecule has 3 rings (SSSR count). The molecular formula is C19H18ClF2NO2. The molecule has 1 fully saturated rings. The molecular weight excluding hydrogens is 348 g/mol. The van der Waals surface area contributed by atoms with Crippen LogP contribution in [0.3, 0.4) is 0 Å². The van der Waals surface area contributed by atoms with Gasteiger partial charge in [0.25, 0.3) is 0 Å². The SMILES string of the molecule is O=C(NCc1cc(F)cc(F)c1)C1(c2cccc(Cl)c2)CCOCC1. The van der Waals surface area contributed by atoms with Crippen molar-refractivity contribution in [3.63, 3.8) is 0 Å². The first kappa shape index (κ1) is 17.8. The van der Waals surface area contributed by atoms with Crippen LogP contribution in [0.1, 0.15) is 24.0 Å². The van der Waals surface area contributed by atoms with E-state index in [4.69, 9.17) is 16.3 Å². The fraction of sp³-hybridized carbons (Fsp3) is 0.316. The summed E-state index contributed by atoms with van der Waals surface area (Å²) in [6.45, 7) is 0.986. The Labute approximate surface area is 149 Å². The second-order valence-corrected chi connectivity index (χ2v) is 6.60. The van der Waals surface area contributed by atoms with Gasteiger partial charge in [0.1, 0.15) is 11.6 Å². The van der Waals surface area contributed by atoms with Gasteiger partial charge >= 0.3 is 0 Å². The van der Waals surface area contributed by atoms with Crippen LogP contribution in [-0.2, 0) is 21.5 Å². The fourth-order valence-corrected chi connectivity index (χ4v) is 3.41. The fourth-order valence-electron chi connectivity index (χ4n) is 3.22. The predicted octanol–water partition coefficient (Wildman–Crippen LogP) is 3.98. The first-order chi connectivity index (χ1) is 12.0. The first-order valence-corrected chi connectivity index (χ1v) is 8.44. The number of hydrogen-bond donors (Lipinski definition) is 1. The topological polar surface area (TPSA) is 38.3 Å². The zero-order valence-corrected chi connectivity index (χ0v) is 14.3. The summed E-state index contributed by atoms with van der Waals surface area (Å²) in [4.78, 5) is 13.0. The van der Waals surface area contributed by atoms with Gasteiger partial charge < -0.3 is 10.1 Å². The van der Waals surface area contributed by atoms with E-state index in [1.54, 1.807) is 12.1 Å². The molecule has 2 aromatic carbocycles. The molecule has 0 unspecified atom stereocenters. The summed E-state index contributed by atoms with van der Waals surface area (Å²) in [5.41, 5.74) is 0.444. The van der Waals surface area contributed by atoms with Crippen molar-refractivity contribution >= 4 is 17.5 Å². The zero-order valence-electron chi connectivity index (χ0n) is 13.5. The lowest BCUT2D eigenvalue weighted by Crippen LogP contribution is -2.47. The van der Waals surface area contributed by atoms with Gasteiger partial charge in [-0.2, -0.15) is 0 Å². The lowest BCUT2D eigenvalue weighted by molar-refractivity contribution is -0.130. The number of benzene rings is 2. The molecule has 0 radical (unpaired) electrons. The van der Waals surface area contributed by atoms with E-state index in [1.165, 1.54) is 12.1 Å². The Morgan fingerprint density at radius 1 is 1.12 bits per heavy atom. The highest BCUT2D eigenvalue weighted by atomic mass is 35.5. The van der Waals surface area contributed by atoms with Crippen LogP contribution < -0.4 is 5.32 Å². The molecule has 1 aliphatic heterocycles. The van der Waals surface area contributed by atoms with Crippen molar-refractivity contribution in [3.05, 3.63) is 70.2 Å². The van der Waals surface area contributed by atoms with Crippen LogP contribution in [-0.4, -0.2) is 19.1 Å². The van der Waals surface area contributed by atoms with Crippen molar-refractivity contribution in [3.8, 4) is 0 Å². The van der Waals surface area contributed by atoms with Gasteiger partial charge in [0, 0.05) is 30.8 Å². The number of nitrogens with one attached hydrogen (secondary N) is 1. The van der Waals surface area contributed by atoms with Gasteiger partial charge in [-0.15, -0.1) is 0 Å². The lowest BCUT2D eigenvalue weighted by Gasteiger charge is -2.36. The Morgan fingerprint density at radius 2 is 1.80 bits per heavy atom. The molecule has 0 saturated carbocycles. The number of carbonyl (C=O) groups is 1. The van der Waals surface area contributed by atoms with Crippen LogP contribution in [0.5, 0.6) is 0 Å². The monoisotopic (exact) mass is 365 g/mol. The van der Waals surface area contributed by atoms with E-state index in [2.05, 4.69) is 5.32 Å². The third-order valence-corrected chi connectivity index (χ3v) is 4.77. The summed E-state index contributed by atoms with van der Waals surface area (Å²) in [6, 6.07) is 10.4. The quantitative estimate of drug-likeness (QED) is 0.890. The molecule has 25 heavy (non-hydrogen) atoms. The number of hydrogen-bond acceptors (Lipinski definition) is 2. The summed E-state index contributed by atoms with van der Waals surface area (Å²) < 4.78 is 32.0. The maximum atomic E-state index is 13.3. The van der Waals surface area contributed by atoms with Crippen LogP contribution >= 0.6 is 11.6 Å². The molecule has 2 aromatic rings. The van der Waals surface area contributed by atoms with Crippen LogP contribution in [0.25, 0.3) is 0 Å². The third kappa shape index (κ3) is 3.99. The van der Waals surface area contributed by atoms with Gasteiger partial charge in [-0.1, -0.05) is 23.7 Å². The molecule has 1 N–H and O–H groups in total. The van der Waals surface area contributed by atoms with Gasteiger partial charge in [-0.3, -0.25) is 4.79 Å². The predicted molar refractivity (Wildman–Crippen MR) is 91.4 cm³/mol. The Balaban J connectivity index is 1.82. The van der Waals surface area contributed by atoms with E-state index in [0.29, 0.717) is 36.6 Å². The van der Waals surface area contributed by atoms with Crippen molar-refractivity contribution in [2.45, 2.75) is 24.8 Å². The van der Waals surface area contributed by atoms with E-state index >= 15 is 0 Å². The van der Waals surface area contributed by atoms with Gasteiger partial charge in [-0.05, 0) is 48.2 Å². The summed E-state index contributed by atoms with van der Waals surface area (Å²) >= 11 is 6.09. The van der Waals surface area contributed by atoms with Gasteiger partial charge in [-0.25, -0.2) is 8.78 Å². The average Bonchev–Trinajstić information content (AvgIpc) is 2.59. The Hall–Kier alpha value is -1.98.